The molecule has 2 aromatic rings. The van der Waals surface area contributed by atoms with E-state index in [1.165, 1.54) is 10.9 Å². The molecule has 112 valence electrons. The highest BCUT2D eigenvalue weighted by molar-refractivity contribution is 9.10. The molecule has 21 heavy (non-hydrogen) atoms. The largest absolute Gasteiger partial charge is 0.480 e. The van der Waals surface area contributed by atoms with Gasteiger partial charge in [0.1, 0.15) is 12.2 Å². The zero-order valence-electron chi connectivity index (χ0n) is 10.7. The number of amides is 2. The van der Waals surface area contributed by atoms with Gasteiger partial charge in [-0.3, -0.25) is 4.79 Å². The maximum atomic E-state index is 11.6. The standard InChI is InChI=1S/C11H12BrN5O3S/c12-8-1-2-21-9(8)4-14-11(20)13-3-7-5-17(16-15-7)6-10(18)19/h1-2,5H,3-4,6H2,(H,18,19)(H2,13,14,20). The Balaban J connectivity index is 1.75. The molecule has 2 amide bonds. The number of halogens is 1. The number of aliphatic carboxylic acids is 1. The van der Waals surface area contributed by atoms with Crippen LogP contribution in [0.3, 0.4) is 0 Å². The van der Waals surface area contributed by atoms with Gasteiger partial charge in [0.25, 0.3) is 0 Å². The molecule has 10 heteroatoms. The lowest BCUT2D eigenvalue weighted by molar-refractivity contribution is -0.137. The van der Waals surface area contributed by atoms with Gasteiger partial charge in [0.05, 0.1) is 19.3 Å². The number of thiophene rings is 1. The molecule has 0 aliphatic heterocycles. The lowest BCUT2D eigenvalue weighted by Gasteiger charge is -2.05. The van der Waals surface area contributed by atoms with Gasteiger partial charge in [0.2, 0.25) is 0 Å². The highest BCUT2D eigenvalue weighted by atomic mass is 79.9. The number of carbonyl (C=O) groups excluding carboxylic acids is 1. The maximum absolute atomic E-state index is 11.6. The molecule has 8 nitrogen and oxygen atoms in total. The van der Waals surface area contributed by atoms with Crippen molar-refractivity contribution in [3.8, 4) is 0 Å². The van der Waals surface area contributed by atoms with Crippen molar-refractivity contribution in [2.24, 2.45) is 0 Å². The average molecular weight is 374 g/mol. The Kier molecular flexibility index (Phi) is 5.28. The number of carbonyl (C=O) groups is 2. The number of rotatable bonds is 6. The van der Waals surface area contributed by atoms with Crippen LogP contribution in [0.2, 0.25) is 0 Å². The zero-order chi connectivity index (χ0) is 15.2. The third-order valence-electron chi connectivity index (χ3n) is 2.41. The summed E-state index contributed by atoms with van der Waals surface area (Å²) < 4.78 is 2.16. The van der Waals surface area contributed by atoms with Crippen LogP contribution in [-0.4, -0.2) is 32.1 Å². The number of urea groups is 1. The third kappa shape index (κ3) is 4.83. The molecular weight excluding hydrogens is 362 g/mol. The summed E-state index contributed by atoms with van der Waals surface area (Å²) in [5.41, 5.74) is 0.490. The van der Waals surface area contributed by atoms with Crippen molar-refractivity contribution in [1.29, 1.82) is 0 Å². The van der Waals surface area contributed by atoms with Gasteiger partial charge in [-0.15, -0.1) is 16.4 Å². The summed E-state index contributed by atoms with van der Waals surface area (Å²) >= 11 is 4.93. The van der Waals surface area contributed by atoms with Crippen LogP contribution in [-0.2, 0) is 24.4 Å². The van der Waals surface area contributed by atoms with Gasteiger partial charge in [-0.05, 0) is 27.4 Å². The van der Waals surface area contributed by atoms with Crippen molar-refractivity contribution in [1.82, 2.24) is 25.6 Å². The first-order chi connectivity index (χ1) is 10.0. The van der Waals surface area contributed by atoms with E-state index in [0.29, 0.717) is 12.2 Å². The summed E-state index contributed by atoms with van der Waals surface area (Å²) in [6.45, 7) is 0.346. The van der Waals surface area contributed by atoms with Crippen LogP contribution in [0.15, 0.2) is 22.1 Å². The van der Waals surface area contributed by atoms with Crippen LogP contribution in [0.1, 0.15) is 10.6 Å². The quantitative estimate of drug-likeness (QED) is 0.704. The molecule has 0 saturated carbocycles. The van der Waals surface area contributed by atoms with Gasteiger partial charge in [-0.25, -0.2) is 9.48 Å². The molecule has 0 saturated heterocycles. The second-order valence-electron chi connectivity index (χ2n) is 4.03. The molecule has 0 aromatic carbocycles. The van der Waals surface area contributed by atoms with Crippen LogP contribution >= 0.6 is 27.3 Å². The van der Waals surface area contributed by atoms with Crippen LogP contribution in [0.4, 0.5) is 4.79 Å². The fourth-order valence-corrected chi connectivity index (χ4v) is 2.91. The first-order valence-electron chi connectivity index (χ1n) is 5.89. The van der Waals surface area contributed by atoms with E-state index >= 15 is 0 Å². The SMILES string of the molecule is O=C(O)Cn1cc(CNC(=O)NCc2sccc2Br)nn1. The predicted octanol–water partition coefficient (Wildman–Crippen LogP) is 1.19. The van der Waals surface area contributed by atoms with Crippen LogP contribution in [0, 0.1) is 0 Å². The number of hydrogen-bond acceptors (Lipinski definition) is 5. The maximum Gasteiger partial charge on any atom is 0.325 e. The zero-order valence-corrected chi connectivity index (χ0v) is 13.1. The first-order valence-corrected chi connectivity index (χ1v) is 7.56. The summed E-state index contributed by atoms with van der Waals surface area (Å²) in [6, 6.07) is 1.59. The highest BCUT2D eigenvalue weighted by Crippen LogP contribution is 2.21. The van der Waals surface area contributed by atoms with Crippen LogP contribution in [0.5, 0.6) is 0 Å². The van der Waals surface area contributed by atoms with Crippen molar-refractivity contribution in [2.75, 3.05) is 0 Å². The molecule has 0 radical (unpaired) electrons. The lowest BCUT2D eigenvalue weighted by Crippen LogP contribution is -2.34. The first kappa shape index (κ1) is 15.4. The van der Waals surface area contributed by atoms with Gasteiger partial charge in [-0.2, -0.15) is 0 Å². The average Bonchev–Trinajstić information content (AvgIpc) is 3.02. The number of aromatic nitrogens is 3. The molecule has 2 heterocycles. The number of nitrogens with zero attached hydrogens (tertiary/aromatic N) is 3. The number of nitrogens with one attached hydrogen (secondary N) is 2. The molecule has 2 rings (SSSR count). The molecule has 0 spiro atoms. The molecule has 0 atom stereocenters. The summed E-state index contributed by atoms with van der Waals surface area (Å²) in [7, 11) is 0. The number of carboxylic acids is 1. The lowest BCUT2D eigenvalue weighted by atomic mass is 10.4. The molecule has 0 aliphatic carbocycles. The highest BCUT2D eigenvalue weighted by Gasteiger charge is 2.07. The normalized spacial score (nSPS) is 10.3. The van der Waals surface area contributed by atoms with Crippen molar-refractivity contribution >= 4 is 39.3 Å². The second kappa shape index (κ2) is 7.18. The van der Waals surface area contributed by atoms with Gasteiger partial charge in [0, 0.05) is 9.35 Å². The Labute approximate surface area is 132 Å². The number of carboxylic acid groups (broad SMARTS) is 1. The summed E-state index contributed by atoms with van der Waals surface area (Å²) in [4.78, 5) is 23.1. The Morgan fingerprint density at radius 2 is 2.14 bits per heavy atom. The van der Waals surface area contributed by atoms with Crippen molar-refractivity contribution < 1.29 is 14.7 Å². The second-order valence-corrected chi connectivity index (χ2v) is 5.88. The van der Waals surface area contributed by atoms with E-state index in [1.807, 2.05) is 11.4 Å². The van der Waals surface area contributed by atoms with Gasteiger partial charge < -0.3 is 15.7 Å². The summed E-state index contributed by atoms with van der Waals surface area (Å²) in [5, 5.41) is 23.3. The topological polar surface area (TPSA) is 109 Å². The molecule has 0 fully saturated rings. The van der Waals surface area contributed by atoms with E-state index in [9.17, 15) is 9.59 Å². The Bertz CT molecular complexity index is 641. The van der Waals surface area contributed by atoms with E-state index in [0.717, 1.165) is 9.35 Å². The van der Waals surface area contributed by atoms with Crippen LogP contribution < -0.4 is 10.6 Å². The fourth-order valence-electron chi connectivity index (χ4n) is 1.48. The van der Waals surface area contributed by atoms with E-state index < -0.39 is 5.97 Å². The predicted molar refractivity (Wildman–Crippen MR) is 78.8 cm³/mol. The molecular formula is C11H12BrN5O3S. The van der Waals surface area contributed by atoms with E-state index in [-0.39, 0.29) is 19.1 Å². The fraction of sp³-hybridized carbons (Fsp3) is 0.273. The van der Waals surface area contributed by atoms with Crippen LogP contribution in [0.25, 0.3) is 0 Å². The van der Waals surface area contributed by atoms with Gasteiger partial charge in [-0.1, -0.05) is 5.21 Å². The minimum absolute atomic E-state index is 0.178. The molecule has 2 aromatic heterocycles. The Morgan fingerprint density at radius 1 is 1.38 bits per heavy atom. The Hall–Kier alpha value is -1.94. The van der Waals surface area contributed by atoms with Crippen molar-refractivity contribution in [3.05, 3.63) is 32.7 Å². The minimum atomic E-state index is -1.00. The van der Waals surface area contributed by atoms with E-state index in [4.69, 9.17) is 5.11 Å². The van der Waals surface area contributed by atoms with E-state index in [1.54, 1.807) is 11.3 Å². The van der Waals surface area contributed by atoms with Crippen molar-refractivity contribution in [3.63, 3.8) is 0 Å². The Morgan fingerprint density at radius 3 is 2.81 bits per heavy atom. The third-order valence-corrected chi connectivity index (χ3v) is 4.34. The molecule has 0 aliphatic rings. The minimum Gasteiger partial charge on any atom is -0.480 e. The number of hydrogen-bond donors (Lipinski definition) is 3. The van der Waals surface area contributed by atoms with Crippen molar-refractivity contribution in [2.45, 2.75) is 19.6 Å². The monoisotopic (exact) mass is 373 g/mol. The molecule has 3 N–H and O–H groups in total. The smallest absolute Gasteiger partial charge is 0.325 e. The molecule has 0 unspecified atom stereocenters. The van der Waals surface area contributed by atoms with Gasteiger partial charge >= 0.3 is 12.0 Å². The molecule has 0 bridgehead atoms. The van der Waals surface area contributed by atoms with Gasteiger partial charge in [0.15, 0.2) is 0 Å². The summed E-state index contributed by atoms with van der Waals surface area (Å²) in [5.74, 6) is -1.00. The van der Waals surface area contributed by atoms with E-state index in [2.05, 4.69) is 36.9 Å². The summed E-state index contributed by atoms with van der Waals surface area (Å²) in [6.07, 6.45) is 1.48.